The van der Waals surface area contributed by atoms with Crippen molar-refractivity contribution in [3.63, 3.8) is 0 Å². The first-order chi connectivity index (χ1) is 10.2. The van der Waals surface area contributed by atoms with Gasteiger partial charge in [0.25, 0.3) is 0 Å². The van der Waals surface area contributed by atoms with Crippen LogP contribution in [0.15, 0.2) is 54.6 Å². The zero-order valence-electron chi connectivity index (χ0n) is 12.5. The van der Waals surface area contributed by atoms with Crippen LogP contribution in [-0.4, -0.2) is 11.9 Å². The third-order valence-corrected chi connectivity index (χ3v) is 4.31. The molecule has 0 unspecified atom stereocenters. The van der Waals surface area contributed by atoms with Crippen molar-refractivity contribution in [1.82, 2.24) is 5.32 Å². The average molecular weight is 317 g/mol. The molecule has 116 valence electrons. The molecule has 3 N–H and O–H groups in total. The van der Waals surface area contributed by atoms with Crippen molar-refractivity contribution in [2.75, 3.05) is 0 Å². The zero-order valence-corrected chi connectivity index (χ0v) is 13.3. The van der Waals surface area contributed by atoms with Crippen LogP contribution in [0.25, 0.3) is 0 Å². The lowest BCUT2D eigenvalue weighted by Gasteiger charge is -2.20. The summed E-state index contributed by atoms with van der Waals surface area (Å²) in [5.74, 6) is -0.128. The van der Waals surface area contributed by atoms with E-state index in [0.29, 0.717) is 0 Å². The van der Waals surface area contributed by atoms with E-state index < -0.39 is 0 Å². The number of fused-ring (bicyclic) bond motifs is 1. The van der Waals surface area contributed by atoms with Gasteiger partial charge in [-0.25, -0.2) is 0 Å². The smallest absolute Gasteiger partial charge is 0.227 e. The van der Waals surface area contributed by atoms with Gasteiger partial charge in [0.05, 0.1) is 18.0 Å². The van der Waals surface area contributed by atoms with Crippen LogP contribution in [0.3, 0.4) is 0 Å². The van der Waals surface area contributed by atoms with E-state index in [1.54, 1.807) is 0 Å². The topological polar surface area (TPSA) is 55.1 Å². The number of amides is 1. The van der Waals surface area contributed by atoms with Crippen LogP contribution in [0.5, 0.6) is 0 Å². The molecule has 0 saturated heterocycles. The highest BCUT2D eigenvalue weighted by atomic mass is 35.5. The lowest BCUT2D eigenvalue weighted by Crippen LogP contribution is -2.42. The van der Waals surface area contributed by atoms with Crippen LogP contribution in [0.1, 0.15) is 35.6 Å². The van der Waals surface area contributed by atoms with Gasteiger partial charge >= 0.3 is 0 Å². The summed E-state index contributed by atoms with van der Waals surface area (Å²) in [6.45, 7) is 1.93. The van der Waals surface area contributed by atoms with E-state index in [-0.39, 0.29) is 36.3 Å². The van der Waals surface area contributed by atoms with E-state index in [9.17, 15) is 4.79 Å². The summed E-state index contributed by atoms with van der Waals surface area (Å²) < 4.78 is 0. The van der Waals surface area contributed by atoms with Gasteiger partial charge in [-0.3, -0.25) is 4.79 Å². The highest BCUT2D eigenvalue weighted by molar-refractivity contribution is 5.85. The van der Waals surface area contributed by atoms with Crippen molar-refractivity contribution in [3.8, 4) is 0 Å². The molecule has 0 heterocycles. The van der Waals surface area contributed by atoms with Gasteiger partial charge in [0.2, 0.25) is 5.91 Å². The molecule has 0 aromatic heterocycles. The standard InChI is InChI=1S/C18H20N2O.ClH/c1-12(13-7-3-2-4-8-13)18(21)20-16-11-14-9-5-6-10-15(14)17(16)19;/h2-10,12,16-17H,11,19H2,1H3,(H,20,21);1H/t12-,16-,17-;/m0./s1. The van der Waals surface area contributed by atoms with E-state index >= 15 is 0 Å². The number of carbonyl (C=O) groups excluding carboxylic acids is 1. The van der Waals surface area contributed by atoms with Crippen molar-refractivity contribution < 1.29 is 4.79 Å². The minimum atomic E-state index is -0.165. The van der Waals surface area contributed by atoms with Gasteiger partial charge in [-0.1, -0.05) is 54.6 Å². The number of nitrogens with two attached hydrogens (primary N) is 1. The fourth-order valence-electron chi connectivity index (χ4n) is 2.97. The molecular formula is C18H21ClN2O. The van der Waals surface area contributed by atoms with Gasteiger partial charge in [0, 0.05) is 0 Å². The second kappa shape index (κ2) is 6.95. The first-order valence-electron chi connectivity index (χ1n) is 7.35. The summed E-state index contributed by atoms with van der Waals surface area (Å²) in [5, 5.41) is 3.11. The lowest BCUT2D eigenvalue weighted by molar-refractivity contribution is -0.123. The Labute approximate surface area is 137 Å². The fraction of sp³-hybridized carbons (Fsp3) is 0.278. The molecule has 1 aliphatic carbocycles. The van der Waals surface area contributed by atoms with Crippen molar-refractivity contribution in [2.45, 2.75) is 31.3 Å². The molecule has 1 amide bonds. The SMILES string of the molecule is C[C@H](C(=O)N[C@H]1Cc2ccccc2[C@@H]1N)c1ccccc1.Cl. The maximum absolute atomic E-state index is 12.4. The minimum absolute atomic E-state index is 0. The van der Waals surface area contributed by atoms with E-state index in [4.69, 9.17) is 5.73 Å². The van der Waals surface area contributed by atoms with E-state index in [1.807, 2.05) is 55.5 Å². The van der Waals surface area contributed by atoms with E-state index in [0.717, 1.165) is 17.5 Å². The highest BCUT2D eigenvalue weighted by Crippen LogP contribution is 2.29. The van der Waals surface area contributed by atoms with Crippen LogP contribution in [0.2, 0.25) is 0 Å². The van der Waals surface area contributed by atoms with Gasteiger partial charge in [-0.05, 0) is 30.0 Å². The molecule has 3 rings (SSSR count). The maximum Gasteiger partial charge on any atom is 0.227 e. The number of rotatable bonds is 3. The second-order valence-electron chi connectivity index (χ2n) is 5.68. The van der Waals surface area contributed by atoms with Crippen molar-refractivity contribution in [2.24, 2.45) is 5.73 Å². The Bertz CT molecular complexity index is 645. The number of hydrogen-bond donors (Lipinski definition) is 2. The average Bonchev–Trinajstić information content (AvgIpc) is 2.84. The van der Waals surface area contributed by atoms with Gasteiger partial charge in [0.1, 0.15) is 0 Å². The largest absolute Gasteiger partial charge is 0.351 e. The molecule has 0 saturated carbocycles. The molecule has 0 aliphatic heterocycles. The summed E-state index contributed by atoms with van der Waals surface area (Å²) in [6, 6.07) is 17.8. The molecule has 0 bridgehead atoms. The normalized spacial score (nSPS) is 20.6. The van der Waals surface area contributed by atoms with Crippen molar-refractivity contribution >= 4 is 18.3 Å². The predicted octanol–water partition coefficient (Wildman–Crippen LogP) is 2.95. The van der Waals surface area contributed by atoms with E-state index in [1.165, 1.54) is 5.56 Å². The lowest BCUT2D eigenvalue weighted by atomic mass is 9.99. The monoisotopic (exact) mass is 316 g/mol. The third-order valence-electron chi connectivity index (χ3n) is 4.31. The molecule has 0 spiro atoms. The summed E-state index contributed by atoms with van der Waals surface area (Å²) in [6.07, 6.45) is 0.810. The number of halogens is 1. The minimum Gasteiger partial charge on any atom is -0.351 e. The Balaban J connectivity index is 0.00000176. The van der Waals surface area contributed by atoms with Crippen molar-refractivity contribution in [3.05, 3.63) is 71.3 Å². The fourth-order valence-corrected chi connectivity index (χ4v) is 2.97. The molecule has 2 aromatic carbocycles. The van der Waals surface area contributed by atoms with E-state index in [2.05, 4.69) is 11.4 Å². The van der Waals surface area contributed by atoms with Crippen LogP contribution >= 0.6 is 12.4 Å². The summed E-state index contributed by atoms with van der Waals surface area (Å²) in [5.41, 5.74) is 9.68. The Hall–Kier alpha value is -1.84. The molecule has 3 atom stereocenters. The van der Waals surface area contributed by atoms with Gasteiger partial charge in [-0.2, -0.15) is 0 Å². The van der Waals surface area contributed by atoms with Gasteiger partial charge in [0.15, 0.2) is 0 Å². The van der Waals surface area contributed by atoms with Crippen molar-refractivity contribution in [1.29, 1.82) is 0 Å². The van der Waals surface area contributed by atoms with Crippen LogP contribution in [0, 0.1) is 0 Å². The Morgan fingerprint density at radius 2 is 1.77 bits per heavy atom. The second-order valence-corrected chi connectivity index (χ2v) is 5.68. The Morgan fingerprint density at radius 1 is 1.14 bits per heavy atom. The molecule has 22 heavy (non-hydrogen) atoms. The quantitative estimate of drug-likeness (QED) is 0.914. The molecule has 3 nitrogen and oxygen atoms in total. The highest BCUT2D eigenvalue weighted by Gasteiger charge is 2.31. The number of nitrogens with one attached hydrogen (secondary N) is 1. The molecule has 0 fully saturated rings. The molecule has 4 heteroatoms. The van der Waals surface area contributed by atoms with Crippen LogP contribution in [-0.2, 0) is 11.2 Å². The molecule has 2 aromatic rings. The first-order valence-corrected chi connectivity index (χ1v) is 7.35. The van der Waals surface area contributed by atoms with Gasteiger partial charge < -0.3 is 11.1 Å². The Morgan fingerprint density at radius 3 is 2.45 bits per heavy atom. The first kappa shape index (κ1) is 16.5. The Kier molecular flexibility index (Phi) is 5.22. The van der Waals surface area contributed by atoms with Crippen LogP contribution in [0.4, 0.5) is 0 Å². The number of benzene rings is 2. The van der Waals surface area contributed by atoms with Crippen LogP contribution < -0.4 is 11.1 Å². The predicted molar refractivity (Wildman–Crippen MR) is 91.1 cm³/mol. The summed E-state index contributed by atoms with van der Waals surface area (Å²) >= 11 is 0. The molecule has 1 aliphatic rings. The number of carbonyl (C=O) groups is 1. The zero-order chi connectivity index (χ0) is 14.8. The maximum atomic E-state index is 12.4. The summed E-state index contributed by atoms with van der Waals surface area (Å²) in [4.78, 5) is 12.4. The molecular weight excluding hydrogens is 296 g/mol. The third kappa shape index (κ3) is 3.16. The molecule has 0 radical (unpaired) electrons. The summed E-state index contributed by atoms with van der Waals surface area (Å²) in [7, 11) is 0. The number of hydrogen-bond acceptors (Lipinski definition) is 2. The van der Waals surface area contributed by atoms with Gasteiger partial charge in [-0.15, -0.1) is 12.4 Å².